The minimum absolute atomic E-state index is 0.0826. The lowest BCUT2D eigenvalue weighted by Crippen LogP contribution is -2.61. The first-order chi connectivity index (χ1) is 15.0. The average Bonchev–Trinajstić information content (AvgIpc) is 2.81. The second-order valence-electron chi connectivity index (χ2n) is 8.05. The van der Waals surface area contributed by atoms with Gasteiger partial charge in [0, 0.05) is 45.6 Å². The van der Waals surface area contributed by atoms with Gasteiger partial charge in [-0.2, -0.15) is 0 Å². The highest BCUT2D eigenvalue weighted by atomic mass is 16.5. The number of carbonyl (C=O) groups excluding carboxylic acids is 2. The quantitative estimate of drug-likeness (QED) is 0.441. The lowest BCUT2D eigenvalue weighted by atomic mass is 9.94. The summed E-state index contributed by atoms with van der Waals surface area (Å²) in [7, 11) is 1.80. The predicted molar refractivity (Wildman–Crippen MR) is 117 cm³/mol. The molecule has 0 unspecified atom stereocenters. The van der Waals surface area contributed by atoms with Crippen LogP contribution < -0.4 is 10.2 Å². The van der Waals surface area contributed by atoms with Crippen LogP contribution in [0.3, 0.4) is 0 Å². The molecule has 0 aliphatic carbocycles. The van der Waals surface area contributed by atoms with Crippen molar-refractivity contribution >= 4 is 17.9 Å². The van der Waals surface area contributed by atoms with E-state index in [1.54, 1.807) is 35.6 Å². The minimum atomic E-state index is -0.629. The second kappa shape index (κ2) is 8.91. The highest BCUT2D eigenvalue weighted by Crippen LogP contribution is 2.39. The fourth-order valence-corrected chi connectivity index (χ4v) is 4.25. The molecule has 7 nitrogen and oxygen atoms in total. The van der Waals surface area contributed by atoms with Gasteiger partial charge in [0.25, 0.3) is 11.8 Å². The zero-order chi connectivity index (χ0) is 21.8. The van der Waals surface area contributed by atoms with Crippen LogP contribution in [-0.4, -0.2) is 59.2 Å². The Kier molecular flexibility index (Phi) is 6.06. The molecular weight excluding hydrogens is 394 g/mol. The Morgan fingerprint density at radius 3 is 2.65 bits per heavy atom. The first kappa shape index (κ1) is 21.1. The van der Waals surface area contributed by atoms with Crippen molar-refractivity contribution in [2.75, 3.05) is 26.7 Å². The van der Waals surface area contributed by atoms with Crippen molar-refractivity contribution in [2.24, 2.45) is 0 Å². The number of fused-ring (bicyclic) bond motifs is 1. The second-order valence-corrected chi connectivity index (χ2v) is 8.05. The molecule has 2 aliphatic rings. The van der Waals surface area contributed by atoms with Crippen molar-refractivity contribution in [3.05, 3.63) is 71.3 Å². The van der Waals surface area contributed by atoms with Crippen LogP contribution in [0.1, 0.15) is 34.3 Å². The van der Waals surface area contributed by atoms with E-state index >= 15 is 0 Å². The SMILES string of the molecule is CN1C(=O)c2cc(/C=C/C(=O)NO)ccc2OC12CCN(CCc1ccccc1)CC2. The average molecular weight is 421 g/mol. The standard InChI is InChI=1S/C24H27N3O4/c1-26-23(29)20-17-19(8-10-22(28)25-30)7-9-21(20)31-24(26)12-15-27(16-13-24)14-11-18-5-3-2-4-6-18/h2-10,17,30H,11-16H2,1H3,(H,25,28)/b10-8+. The summed E-state index contributed by atoms with van der Waals surface area (Å²) in [4.78, 5) is 28.5. The lowest BCUT2D eigenvalue weighted by Gasteiger charge is -2.49. The van der Waals surface area contributed by atoms with E-state index in [0.29, 0.717) is 16.9 Å². The fraction of sp³-hybridized carbons (Fsp3) is 0.333. The summed E-state index contributed by atoms with van der Waals surface area (Å²) in [5.41, 5.74) is 3.41. The molecule has 1 fully saturated rings. The van der Waals surface area contributed by atoms with Crippen molar-refractivity contribution in [3.63, 3.8) is 0 Å². The Bertz CT molecular complexity index is 982. The zero-order valence-electron chi connectivity index (χ0n) is 17.6. The van der Waals surface area contributed by atoms with Crippen LogP contribution in [0.15, 0.2) is 54.6 Å². The number of piperidine rings is 1. The van der Waals surface area contributed by atoms with Gasteiger partial charge in [0.05, 0.1) is 5.56 Å². The fourth-order valence-electron chi connectivity index (χ4n) is 4.25. The van der Waals surface area contributed by atoms with E-state index in [9.17, 15) is 9.59 Å². The molecule has 2 aliphatic heterocycles. The van der Waals surface area contributed by atoms with Gasteiger partial charge in [-0.3, -0.25) is 14.8 Å². The number of benzene rings is 2. The van der Waals surface area contributed by atoms with E-state index in [-0.39, 0.29) is 5.91 Å². The molecule has 2 heterocycles. The van der Waals surface area contributed by atoms with Gasteiger partial charge >= 0.3 is 0 Å². The van der Waals surface area contributed by atoms with E-state index in [2.05, 4.69) is 29.2 Å². The van der Waals surface area contributed by atoms with Crippen LogP contribution in [-0.2, 0) is 11.2 Å². The van der Waals surface area contributed by atoms with Crippen molar-refractivity contribution in [1.82, 2.24) is 15.3 Å². The molecule has 0 aromatic heterocycles. The van der Waals surface area contributed by atoms with Crippen LogP contribution in [0.5, 0.6) is 5.75 Å². The molecule has 0 radical (unpaired) electrons. The number of hydrogen-bond donors (Lipinski definition) is 2. The van der Waals surface area contributed by atoms with Crippen LogP contribution in [0.4, 0.5) is 0 Å². The summed E-state index contributed by atoms with van der Waals surface area (Å²) in [5.74, 6) is -0.138. The van der Waals surface area contributed by atoms with Crippen molar-refractivity contribution in [2.45, 2.75) is 25.0 Å². The number of nitrogens with zero attached hydrogens (tertiary/aromatic N) is 2. The largest absolute Gasteiger partial charge is 0.467 e. The normalized spacial score (nSPS) is 18.1. The molecule has 2 aromatic carbocycles. The summed E-state index contributed by atoms with van der Waals surface area (Å²) in [6.07, 6.45) is 5.25. The van der Waals surface area contributed by atoms with Crippen LogP contribution in [0.2, 0.25) is 0 Å². The summed E-state index contributed by atoms with van der Waals surface area (Å²) in [6, 6.07) is 15.7. The van der Waals surface area contributed by atoms with Gasteiger partial charge in [0.1, 0.15) is 5.75 Å². The third-order valence-corrected chi connectivity index (χ3v) is 6.18. The maximum absolute atomic E-state index is 13.1. The van der Waals surface area contributed by atoms with Gasteiger partial charge in [-0.25, -0.2) is 5.48 Å². The van der Waals surface area contributed by atoms with Crippen molar-refractivity contribution in [3.8, 4) is 5.75 Å². The third-order valence-electron chi connectivity index (χ3n) is 6.18. The molecule has 162 valence electrons. The Balaban J connectivity index is 1.43. The first-order valence-corrected chi connectivity index (χ1v) is 10.5. The lowest BCUT2D eigenvalue weighted by molar-refractivity contribution is -0.124. The monoisotopic (exact) mass is 421 g/mol. The van der Waals surface area contributed by atoms with Gasteiger partial charge in [0.2, 0.25) is 0 Å². The number of ether oxygens (including phenoxy) is 1. The van der Waals surface area contributed by atoms with Crippen LogP contribution in [0.25, 0.3) is 6.08 Å². The number of nitrogens with one attached hydrogen (secondary N) is 1. The molecule has 2 amide bonds. The number of amides is 2. The number of carbonyl (C=O) groups is 2. The van der Waals surface area contributed by atoms with Crippen LogP contribution in [0, 0.1) is 0 Å². The van der Waals surface area contributed by atoms with E-state index in [4.69, 9.17) is 9.94 Å². The summed E-state index contributed by atoms with van der Waals surface area (Å²) in [5, 5.41) is 8.60. The Labute approximate surface area is 181 Å². The number of hydrogen-bond acceptors (Lipinski definition) is 5. The molecular formula is C24H27N3O4. The number of likely N-dealkylation sites (tertiary alicyclic amines) is 1. The van der Waals surface area contributed by atoms with Gasteiger partial charge in [0.15, 0.2) is 5.72 Å². The Hall–Kier alpha value is -3.16. The molecule has 1 spiro atoms. The van der Waals surface area contributed by atoms with Crippen LogP contribution >= 0.6 is 0 Å². The topological polar surface area (TPSA) is 82.1 Å². The molecule has 0 saturated carbocycles. The predicted octanol–water partition coefficient (Wildman–Crippen LogP) is 2.70. The third kappa shape index (κ3) is 4.47. The van der Waals surface area contributed by atoms with Gasteiger partial charge in [-0.15, -0.1) is 0 Å². The highest BCUT2D eigenvalue weighted by molar-refractivity contribution is 5.99. The zero-order valence-corrected chi connectivity index (χ0v) is 17.6. The Morgan fingerprint density at radius 1 is 1.19 bits per heavy atom. The molecule has 2 aromatic rings. The van der Waals surface area contributed by atoms with Gasteiger partial charge in [-0.05, 0) is 35.8 Å². The van der Waals surface area contributed by atoms with Gasteiger partial charge in [-0.1, -0.05) is 36.4 Å². The maximum Gasteiger partial charge on any atom is 0.267 e. The Morgan fingerprint density at radius 2 is 1.94 bits per heavy atom. The smallest absolute Gasteiger partial charge is 0.267 e. The summed E-state index contributed by atoms with van der Waals surface area (Å²) < 4.78 is 6.39. The first-order valence-electron chi connectivity index (χ1n) is 10.5. The van der Waals surface area contributed by atoms with Gasteiger partial charge < -0.3 is 14.5 Å². The number of hydroxylamine groups is 1. The molecule has 31 heavy (non-hydrogen) atoms. The minimum Gasteiger partial charge on any atom is -0.467 e. The highest BCUT2D eigenvalue weighted by Gasteiger charge is 2.46. The number of rotatable bonds is 5. The summed E-state index contributed by atoms with van der Waals surface area (Å²) >= 11 is 0. The molecule has 1 saturated heterocycles. The van der Waals surface area contributed by atoms with Crippen molar-refractivity contribution < 1.29 is 19.5 Å². The van der Waals surface area contributed by atoms with E-state index in [1.807, 2.05) is 6.07 Å². The molecule has 0 bridgehead atoms. The maximum atomic E-state index is 13.1. The van der Waals surface area contributed by atoms with E-state index in [0.717, 1.165) is 38.9 Å². The molecule has 7 heteroatoms. The molecule has 2 N–H and O–H groups in total. The molecule has 0 atom stereocenters. The van der Waals surface area contributed by atoms with E-state index in [1.165, 1.54) is 17.7 Å². The molecule has 4 rings (SSSR count). The van der Waals surface area contributed by atoms with E-state index < -0.39 is 11.6 Å². The van der Waals surface area contributed by atoms with Crippen molar-refractivity contribution in [1.29, 1.82) is 0 Å². The summed E-state index contributed by atoms with van der Waals surface area (Å²) in [6.45, 7) is 2.74.